The number of carbonyl (C=O) groups is 1. The number of amides is 1. The molecule has 1 amide bonds. The van der Waals surface area contributed by atoms with Gasteiger partial charge >= 0.3 is 0 Å². The van der Waals surface area contributed by atoms with Gasteiger partial charge in [0.15, 0.2) is 5.82 Å². The van der Waals surface area contributed by atoms with E-state index in [1.807, 2.05) is 17.0 Å². The Bertz CT molecular complexity index is 710. The lowest BCUT2D eigenvalue weighted by Crippen LogP contribution is -2.36. The van der Waals surface area contributed by atoms with Crippen LogP contribution in [-0.2, 0) is 22.6 Å². The minimum atomic E-state index is 0.0548. The fourth-order valence-corrected chi connectivity index (χ4v) is 3.66. The summed E-state index contributed by atoms with van der Waals surface area (Å²) in [5.41, 5.74) is 0. The Labute approximate surface area is 151 Å². The standard InChI is InChI=1S/C17H24N6O3/c24-17(22-6-1-3-14(22)15-4-2-10-26-15)5-7-23-16(18-19-20-23)13-21-8-11-25-12-9-21/h2,4,10,14H,1,3,5-9,11-13H2/t14-/m1/s1. The Hall–Kier alpha value is -2.26. The molecule has 4 heterocycles. The highest BCUT2D eigenvalue weighted by molar-refractivity contribution is 5.76. The Morgan fingerprint density at radius 3 is 2.96 bits per heavy atom. The molecule has 9 nitrogen and oxygen atoms in total. The summed E-state index contributed by atoms with van der Waals surface area (Å²) in [5.74, 6) is 1.78. The molecule has 26 heavy (non-hydrogen) atoms. The maximum atomic E-state index is 12.7. The van der Waals surface area contributed by atoms with Gasteiger partial charge in [-0.05, 0) is 35.4 Å². The molecule has 2 saturated heterocycles. The topological polar surface area (TPSA) is 89.5 Å². The SMILES string of the molecule is O=C(CCn1nnnc1CN1CCOCC1)N1CCC[C@@H]1c1ccco1. The number of aryl methyl sites for hydroxylation is 1. The maximum absolute atomic E-state index is 12.7. The van der Waals surface area contributed by atoms with Gasteiger partial charge in [-0.3, -0.25) is 9.69 Å². The molecular weight excluding hydrogens is 336 g/mol. The number of carbonyl (C=O) groups excluding carboxylic acids is 1. The van der Waals surface area contributed by atoms with Crippen LogP contribution in [0.3, 0.4) is 0 Å². The highest BCUT2D eigenvalue weighted by atomic mass is 16.5. The monoisotopic (exact) mass is 360 g/mol. The van der Waals surface area contributed by atoms with Crippen molar-refractivity contribution in [1.82, 2.24) is 30.0 Å². The van der Waals surface area contributed by atoms with Gasteiger partial charge in [-0.1, -0.05) is 0 Å². The number of morpholine rings is 1. The van der Waals surface area contributed by atoms with Crippen molar-refractivity contribution in [2.24, 2.45) is 0 Å². The number of nitrogens with zero attached hydrogens (tertiary/aromatic N) is 6. The zero-order valence-electron chi connectivity index (χ0n) is 14.8. The zero-order valence-corrected chi connectivity index (χ0v) is 14.8. The number of ether oxygens (including phenoxy) is 1. The van der Waals surface area contributed by atoms with Crippen LogP contribution >= 0.6 is 0 Å². The van der Waals surface area contributed by atoms with Crippen molar-refractivity contribution in [2.75, 3.05) is 32.8 Å². The summed E-state index contributed by atoms with van der Waals surface area (Å²) in [7, 11) is 0. The van der Waals surface area contributed by atoms with E-state index in [1.165, 1.54) is 0 Å². The van der Waals surface area contributed by atoms with E-state index in [4.69, 9.17) is 9.15 Å². The molecule has 2 aromatic rings. The molecule has 1 atom stereocenters. The van der Waals surface area contributed by atoms with Gasteiger partial charge in [0.25, 0.3) is 0 Å². The molecule has 0 radical (unpaired) electrons. The summed E-state index contributed by atoms with van der Waals surface area (Å²) >= 11 is 0. The molecular formula is C17H24N6O3. The average molecular weight is 360 g/mol. The van der Waals surface area contributed by atoms with E-state index in [0.29, 0.717) is 19.5 Å². The number of tetrazole rings is 1. The molecule has 2 aliphatic heterocycles. The Balaban J connectivity index is 1.34. The number of hydrogen-bond donors (Lipinski definition) is 0. The van der Waals surface area contributed by atoms with E-state index in [-0.39, 0.29) is 11.9 Å². The summed E-state index contributed by atoms with van der Waals surface area (Å²) in [6.45, 7) is 5.19. The van der Waals surface area contributed by atoms with Crippen LogP contribution in [0.2, 0.25) is 0 Å². The first kappa shape index (κ1) is 17.2. The molecule has 0 aliphatic carbocycles. The maximum Gasteiger partial charge on any atom is 0.225 e. The van der Waals surface area contributed by atoms with Crippen LogP contribution in [0, 0.1) is 0 Å². The summed E-state index contributed by atoms with van der Waals surface area (Å²) in [6, 6.07) is 3.87. The zero-order chi connectivity index (χ0) is 17.8. The summed E-state index contributed by atoms with van der Waals surface area (Å²) in [6.07, 6.45) is 4.00. The van der Waals surface area contributed by atoms with Gasteiger partial charge in [0.1, 0.15) is 5.76 Å². The first-order chi connectivity index (χ1) is 12.8. The summed E-state index contributed by atoms with van der Waals surface area (Å²) in [4.78, 5) is 16.9. The van der Waals surface area contributed by atoms with Crippen molar-refractivity contribution in [3.05, 3.63) is 30.0 Å². The van der Waals surface area contributed by atoms with Crippen molar-refractivity contribution in [2.45, 2.75) is 38.4 Å². The molecule has 0 aromatic carbocycles. The molecule has 0 saturated carbocycles. The van der Waals surface area contributed by atoms with Crippen LogP contribution in [0.25, 0.3) is 0 Å². The molecule has 0 spiro atoms. The second-order valence-corrected chi connectivity index (χ2v) is 6.72. The average Bonchev–Trinajstić information content (AvgIpc) is 3.41. The van der Waals surface area contributed by atoms with E-state index in [2.05, 4.69) is 20.4 Å². The van der Waals surface area contributed by atoms with E-state index in [0.717, 1.165) is 57.3 Å². The Morgan fingerprint density at radius 1 is 1.27 bits per heavy atom. The van der Waals surface area contributed by atoms with Crippen LogP contribution in [0.4, 0.5) is 0 Å². The lowest BCUT2D eigenvalue weighted by molar-refractivity contribution is -0.132. The quantitative estimate of drug-likeness (QED) is 0.754. The molecule has 0 unspecified atom stereocenters. The molecule has 9 heteroatoms. The number of rotatable bonds is 6. The van der Waals surface area contributed by atoms with Gasteiger partial charge in [0.05, 0.1) is 38.6 Å². The van der Waals surface area contributed by atoms with Crippen LogP contribution in [-0.4, -0.2) is 68.8 Å². The number of aromatic nitrogens is 4. The predicted octanol–water partition coefficient (Wildman–Crippen LogP) is 0.852. The van der Waals surface area contributed by atoms with Crippen molar-refractivity contribution in [1.29, 1.82) is 0 Å². The minimum Gasteiger partial charge on any atom is -0.467 e. The van der Waals surface area contributed by atoms with Gasteiger partial charge in [-0.25, -0.2) is 4.68 Å². The van der Waals surface area contributed by atoms with Gasteiger partial charge in [-0.2, -0.15) is 0 Å². The van der Waals surface area contributed by atoms with Crippen molar-refractivity contribution in [3.63, 3.8) is 0 Å². The van der Waals surface area contributed by atoms with Gasteiger partial charge < -0.3 is 14.1 Å². The third-order valence-electron chi connectivity index (χ3n) is 5.06. The van der Waals surface area contributed by atoms with Gasteiger partial charge in [0.2, 0.25) is 5.91 Å². The number of furan rings is 1. The van der Waals surface area contributed by atoms with Gasteiger partial charge in [-0.15, -0.1) is 5.10 Å². The lowest BCUT2D eigenvalue weighted by Gasteiger charge is -2.26. The molecule has 2 fully saturated rings. The van der Waals surface area contributed by atoms with E-state index < -0.39 is 0 Å². The highest BCUT2D eigenvalue weighted by Gasteiger charge is 2.31. The molecule has 0 bridgehead atoms. The molecule has 2 aromatic heterocycles. The van der Waals surface area contributed by atoms with Crippen molar-refractivity contribution >= 4 is 5.91 Å². The van der Waals surface area contributed by atoms with Crippen molar-refractivity contribution < 1.29 is 13.9 Å². The molecule has 4 rings (SSSR count). The second kappa shape index (κ2) is 7.96. The van der Waals surface area contributed by atoms with E-state index in [1.54, 1.807) is 10.9 Å². The highest BCUT2D eigenvalue weighted by Crippen LogP contribution is 2.32. The summed E-state index contributed by atoms with van der Waals surface area (Å²) in [5, 5.41) is 12.0. The van der Waals surface area contributed by atoms with Crippen LogP contribution in [0.1, 0.15) is 36.9 Å². The molecule has 2 aliphatic rings. The van der Waals surface area contributed by atoms with Crippen LogP contribution < -0.4 is 0 Å². The van der Waals surface area contributed by atoms with Gasteiger partial charge in [0, 0.05) is 26.1 Å². The van der Waals surface area contributed by atoms with E-state index >= 15 is 0 Å². The van der Waals surface area contributed by atoms with Crippen LogP contribution in [0.15, 0.2) is 22.8 Å². The first-order valence-electron chi connectivity index (χ1n) is 9.19. The smallest absolute Gasteiger partial charge is 0.225 e. The Morgan fingerprint density at radius 2 is 2.15 bits per heavy atom. The third kappa shape index (κ3) is 3.78. The van der Waals surface area contributed by atoms with E-state index in [9.17, 15) is 4.79 Å². The lowest BCUT2D eigenvalue weighted by atomic mass is 10.1. The fraction of sp³-hybridized carbons (Fsp3) is 0.647. The van der Waals surface area contributed by atoms with Crippen LogP contribution in [0.5, 0.6) is 0 Å². The molecule has 0 N–H and O–H groups in total. The fourth-order valence-electron chi connectivity index (χ4n) is 3.66. The number of hydrogen-bond acceptors (Lipinski definition) is 7. The second-order valence-electron chi connectivity index (χ2n) is 6.72. The number of likely N-dealkylation sites (tertiary alicyclic amines) is 1. The third-order valence-corrected chi connectivity index (χ3v) is 5.06. The minimum absolute atomic E-state index is 0.0548. The summed E-state index contributed by atoms with van der Waals surface area (Å²) < 4.78 is 12.6. The van der Waals surface area contributed by atoms with Crippen molar-refractivity contribution in [3.8, 4) is 0 Å². The first-order valence-corrected chi connectivity index (χ1v) is 9.19. The predicted molar refractivity (Wildman–Crippen MR) is 90.9 cm³/mol. The Kier molecular flexibility index (Phi) is 5.26. The normalized spacial score (nSPS) is 21.4. The largest absolute Gasteiger partial charge is 0.467 e. The molecule has 140 valence electrons.